The van der Waals surface area contributed by atoms with Crippen LogP contribution in [0.5, 0.6) is 0 Å². The van der Waals surface area contributed by atoms with Crippen molar-refractivity contribution in [2.75, 3.05) is 6.54 Å². The van der Waals surface area contributed by atoms with Crippen molar-refractivity contribution in [2.24, 2.45) is 5.73 Å². The number of hydrogen-bond donors (Lipinski definition) is 3. The molecule has 0 aliphatic rings. The van der Waals surface area contributed by atoms with Crippen molar-refractivity contribution in [3.05, 3.63) is 30.1 Å². The van der Waals surface area contributed by atoms with Crippen molar-refractivity contribution >= 4 is 13.9 Å². The smallest absolute Gasteiger partial charge is 0.237 e. The van der Waals surface area contributed by atoms with Gasteiger partial charge in [-0.25, -0.2) is 0 Å². The molecule has 1 atom stereocenters. The fraction of sp³-hybridized carbons (Fsp3) is 0.500. The second kappa shape index (κ2) is 8.66. The normalized spacial score (nSPS) is 12.1. The van der Waals surface area contributed by atoms with Gasteiger partial charge < -0.3 is 16.3 Å². The van der Waals surface area contributed by atoms with Crippen molar-refractivity contribution in [3.8, 4) is 0 Å². The number of nitrogens with one attached hydrogen (secondary N) is 2. The molecule has 1 heterocycles. The summed E-state index contributed by atoms with van der Waals surface area (Å²) in [5.41, 5.74) is 6.60. The first-order valence-electron chi connectivity index (χ1n) is 6.10. The van der Waals surface area contributed by atoms with Crippen LogP contribution < -0.4 is 16.3 Å². The zero-order valence-electron chi connectivity index (χ0n) is 10.4. The molecule has 2 radical (unpaired) electrons. The van der Waals surface area contributed by atoms with Gasteiger partial charge in [0.05, 0.1) is 18.3 Å². The third-order valence-corrected chi connectivity index (χ3v) is 2.59. The lowest BCUT2D eigenvalue weighted by Gasteiger charge is -2.11. The van der Waals surface area contributed by atoms with Crippen molar-refractivity contribution < 1.29 is 4.79 Å². The van der Waals surface area contributed by atoms with Crippen LogP contribution in [0.2, 0.25) is 0 Å². The highest BCUT2D eigenvalue weighted by molar-refractivity contribution is 6.04. The number of hydrogen-bond acceptors (Lipinski definition) is 4. The molecule has 0 aliphatic carbocycles. The van der Waals surface area contributed by atoms with Crippen molar-refractivity contribution in [1.82, 2.24) is 15.5 Å². The minimum absolute atomic E-state index is 0.138. The molecule has 0 saturated carbocycles. The lowest BCUT2D eigenvalue weighted by molar-refractivity contribution is -0.122. The predicted molar refractivity (Wildman–Crippen MR) is 71.7 cm³/mol. The Morgan fingerprint density at radius 1 is 1.44 bits per heavy atom. The number of aromatic nitrogens is 1. The Balaban J connectivity index is 2.19. The number of nitrogens with zero attached hydrogens (tertiary/aromatic N) is 1. The van der Waals surface area contributed by atoms with Crippen LogP contribution in [0.1, 0.15) is 25.0 Å². The molecule has 0 saturated heterocycles. The molecule has 0 unspecified atom stereocenters. The highest BCUT2D eigenvalue weighted by Crippen LogP contribution is 1.99. The predicted octanol–water partition coefficient (Wildman–Crippen LogP) is -0.131. The molecule has 96 valence electrons. The van der Waals surface area contributed by atoms with E-state index < -0.39 is 6.04 Å². The molecule has 1 amide bonds. The molecule has 18 heavy (non-hydrogen) atoms. The SMILES string of the molecule is [B]NCCCC[C@H](N)C(=O)NCc1ccccn1. The first-order valence-corrected chi connectivity index (χ1v) is 6.10. The van der Waals surface area contributed by atoms with Crippen LogP contribution in [0, 0.1) is 0 Å². The summed E-state index contributed by atoms with van der Waals surface area (Å²) in [5.74, 6) is -0.138. The largest absolute Gasteiger partial charge is 0.366 e. The fourth-order valence-electron chi connectivity index (χ4n) is 1.53. The van der Waals surface area contributed by atoms with Crippen LogP contribution in [-0.4, -0.2) is 31.5 Å². The maximum absolute atomic E-state index is 11.7. The lowest BCUT2D eigenvalue weighted by Crippen LogP contribution is -2.40. The first-order chi connectivity index (χ1) is 8.74. The molecule has 4 N–H and O–H groups in total. The summed E-state index contributed by atoms with van der Waals surface area (Å²) in [6.07, 6.45) is 4.15. The average Bonchev–Trinajstić information content (AvgIpc) is 2.42. The number of carbonyl (C=O) groups excluding carboxylic acids is 1. The molecule has 0 aliphatic heterocycles. The van der Waals surface area contributed by atoms with Gasteiger partial charge in [-0.3, -0.25) is 9.78 Å². The van der Waals surface area contributed by atoms with Crippen LogP contribution in [0.15, 0.2) is 24.4 Å². The van der Waals surface area contributed by atoms with Gasteiger partial charge in [-0.15, -0.1) is 0 Å². The van der Waals surface area contributed by atoms with Crippen molar-refractivity contribution in [3.63, 3.8) is 0 Å². The van der Waals surface area contributed by atoms with Crippen LogP contribution in [0.25, 0.3) is 0 Å². The maximum atomic E-state index is 11.7. The Hall–Kier alpha value is -1.40. The van der Waals surface area contributed by atoms with E-state index in [2.05, 4.69) is 15.5 Å². The first kappa shape index (κ1) is 14.7. The lowest BCUT2D eigenvalue weighted by atomic mass is 10.1. The van der Waals surface area contributed by atoms with Gasteiger partial charge in [-0.2, -0.15) is 0 Å². The number of pyridine rings is 1. The van der Waals surface area contributed by atoms with Gasteiger partial charge >= 0.3 is 0 Å². The molecule has 5 nitrogen and oxygen atoms in total. The van der Waals surface area contributed by atoms with E-state index >= 15 is 0 Å². The van der Waals surface area contributed by atoms with Gasteiger partial charge in [-0.1, -0.05) is 12.5 Å². The van der Waals surface area contributed by atoms with E-state index in [4.69, 9.17) is 13.7 Å². The van der Waals surface area contributed by atoms with Gasteiger partial charge in [0.15, 0.2) is 7.98 Å². The minimum Gasteiger partial charge on any atom is -0.366 e. The standard InChI is InChI=1S/C12H19BN4O/c13-17-8-4-2-6-11(14)12(18)16-9-10-5-1-3-7-15-10/h1,3,5,7,11,17H,2,4,6,8-9,14H2,(H,16,18)/t11-/m0/s1. The summed E-state index contributed by atoms with van der Waals surface area (Å²) < 4.78 is 0. The van der Waals surface area contributed by atoms with E-state index in [1.54, 1.807) is 6.20 Å². The van der Waals surface area contributed by atoms with E-state index in [9.17, 15) is 4.79 Å². The third kappa shape index (κ3) is 5.79. The number of nitrogens with two attached hydrogens (primary N) is 1. The molecule has 1 rings (SSSR count). The Bertz CT molecular complexity index is 347. The second-order valence-corrected chi connectivity index (χ2v) is 4.10. The summed E-state index contributed by atoms with van der Waals surface area (Å²) in [6.45, 7) is 1.15. The highest BCUT2D eigenvalue weighted by atomic mass is 16.2. The summed E-state index contributed by atoms with van der Waals surface area (Å²) in [6, 6.07) is 5.11. The van der Waals surface area contributed by atoms with E-state index in [1.165, 1.54) is 0 Å². The van der Waals surface area contributed by atoms with E-state index in [1.807, 2.05) is 18.2 Å². The van der Waals surface area contributed by atoms with E-state index in [0.717, 1.165) is 25.1 Å². The number of amides is 1. The summed E-state index contributed by atoms with van der Waals surface area (Å²) >= 11 is 0. The second-order valence-electron chi connectivity index (χ2n) is 4.10. The molecular formula is C12H19BN4O. The Kier molecular flexibility index (Phi) is 7.06. The molecular weight excluding hydrogens is 227 g/mol. The van der Waals surface area contributed by atoms with Crippen LogP contribution in [0.3, 0.4) is 0 Å². The molecule has 1 aromatic heterocycles. The molecule has 1 aromatic rings. The monoisotopic (exact) mass is 246 g/mol. The van der Waals surface area contributed by atoms with Gasteiger partial charge in [0.2, 0.25) is 5.91 Å². The summed E-state index contributed by atoms with van der Waals surface area (Å²) in [7, 11) is 5.15. The van der Waals surface area contributed by atoms with Crippen LogP contribution >= 0.6 is 0 Å². The Morgan fingerprint density at radius 2 is 2.28 bits per heavy atom. The molecule has 0 aromatic carbocycles. The Labute approximate surface area is 109 Å². The quantitative estimate of drug-likeness (QED) is 0.441. The molecule has 0 bridgehead atoms. The zero-order valence-corrected chi connectivity index (χ0v) is 10.4. The van der Waals surface area contributed by atoms with Crippen LogP contribution in [-0.2, 0) is 11.3 Å². The summed E-state index contributed by atoms with van der Waals surface area (Å²) in [5, 5.41) is 5.34. The van der Waals surface area contributed by atoms with Crippen molar-refractivity contribution in [1.29, 1.82) is 0 Å². The number of unbranched alkanes of at least 4 members (excludes halogenated alkanes) is 1. The topological polar surface area (TPSA) is 80.0 Å². The van der Waals surface area contributed by atoms with Crippen molar-refractivity contribution in [2.45, 2.75) is 31.8 Å². The minimum atomic E-state index is -0.466. The van der Waals surface area contributed by atoms with Gasteiger partial charge in [0.25, 0.3) is 0 Å². The van der Waals surface area contributed by atoms with E-state index in [0.29, 0.717) is 13.0 Å². The number of rotatable bonds is 8. The number of carbonyl (C=O) groups is 1. The van der Waals surface area contributed by atoms with Gasteiger partial charge in [-0.05, 0) is 31.5 Å². The zero-order chi connectivity index (χ0) is 13.2. The van der Waals surface area contributed by atoms with Gasteiger partial charge in [0.1, 0.15) is 0 Å². The van der Waals surface area contributed by atoms with Crippen LogP contribution in [0.4, 0.5) is 0 Å². The average molecular weight is 246 g/mol. The fourth-order valence-corrected chi connectivity index (χ4v) is 1.53. The highest BCUT2D eigenvalue weighted by Gasteiger charge is 2.12. The molecule has 0 fully saturated rings. The molecule has 0 spiro atoms. The van der Waals surface area contributed by atoms with E-state index in [-0.39, 0.29) is 5.91 Å². The van der Waals surface area contributed by atoms with Gasteiger partial charge in [0, 0.05) is 6.20 Å². The maximum Gasteiger partial charge on any atom is 0.237 e. The summed E-state index contributed by atoms with van der Waals surface area (Å²) in [4.78, 5) is 15.8. The third-order valence-electron chi connectivity index (χ3n) is 2.59. The Morgan fingerprint density at radius 3 is 2.94 bits per heavy atom. The molecule has 6 heteroatoms.